The van der Waals surface area contributed by atoms with Crippen LogP contribution in [0.2, 0.25) is 0 Å². The Morgan fingerprint density at radius 2 is 2.00 bits per heavy atom. The van der Waals surface area contributed by atoms with Gasteiger partial charge >= 0.3 is 0 Å². The number of nitrogens with one attached hydrogen (secondary N) is 2. The summed E-state index contributed by atoms with van der Waals surface area (Å²) in [5, 5.41) is 6.34. The molecule has 0 spiro atoms. The predicted octanol–water partition coefficient (Wildman–Crippen LogP) is 3.79. The number of rotatable bonds is 7. The lowest BCUT2D eigenvalue weighted by atomic mass is 10.2. The molecule has 0 radical (unpaired) electrons. The average Bonchev–Trinajstić information content (AvgIpc) is 3.27. The van der Waals surface area contributed by atoms with E-state index in [1.807, 2.05) is 6.07 Å². The van der Waals surface area contributed by atoms with Crippen LogP contribution < -0.4 is 10.6 Å². The van der Waals surface area contributed by atoms with Crippen molar-refractivity contribution in [3.63, 3.8) is 0 Å². The van der Waals surface area contributed by atoms with Crippen LogP contribution in [0.25, 0.3) is 10.4 Å². The molecular formula is C17H19BrN2OS. The van der Waals surface area contributed by atoms with Crippen molar-refractivity contribution in [3.8, 4) is 10.4 Å². The minimum absolute atomic E-state index is 0.217. The molecule has 116 valence electrons. The summed E-state index contributed by atoms with van der Waals surface area (Å²) in [6, 6.07) is 12.6. The molecule has 0 unspecified atom stereocenters. The predicted molar refractivity (Wildman–Crippen MR) is 94.9 cm³/mol. The highest BCUT2D eigenvalue weighted by Crippen LogP contribution is 2.33. The van der Waals surface area contributed by atoms with E-state index < -0.39 is 0 Å². The molecule has 2 N–H and O–H groups in total. The molecule has 0 aliphatic heterocycles. The van der Waals surface area contributed by atoms with Gasteiger partial charge in [-0.15, -0.1) is 11.3 Å². The van der Waals surface area contributed by atoms with E-state index in [4.69, 9.17) is 0 Å². The maximum absolute atomic E-state index is 11.5. The Morgan fingerprint density at radius 1 is 1.18 bits per heavy atom. The van der Waals surface area contributed by atoms with Crippen LogP contribution in [0, 0.1) is 5.92 Å². The van der Waals surface area contributed by atoms with Gasteiger partial charge in [0.1, 0.15) is 0 Å². The Bertz CT molecular complexity index is 652. The number of thiophene rings is 1. The Morgan fingerprint density at radius 3 is 2.77 bits per heavy atom. The highest BCUT2D eigenvalue weighted by molar-refractivity contribution is 9.10. The molecule has 3 nitrogen and oxygen atoms in total. The van der Waals surface area contributed by atoms with Gasteiger partial charge in [-0.1, -0.05) is 34.1 Å². The lowest BCUT2D eigenvalue weighted by Crippen LogP contribution is -2.32. The lowest BCUT2D eigenvalue weighted by Gasteiger charge is -2.05. The maximum Gasteiger partial charge on any atom is 0.223 e. The van der Waals surface area contributed by atoms with Gasteiger partial charge in [-0.2, -0.15) is 0 Å². The van der Waals surface area contributed by atoms with Crippen molar-refractivity contribution in [1.82, 2.24) is 10.6 Å². The largest absolute Gasteiger partial charge is 0.355 e. The number of carbonyl (C=O) groups is 1. The smallest absolute Gasteiger partial charge is 0.223 e. The molecule has 22 heavy (non-hydrogen) atoms. The fourth-order valence-corrected chi connectivity index (χ4v) is 3.90. The van der Waals surface area contributed by atoms with E-state index in [1.54, 1.807) is 11.3 Å². The summed E-state index contributed by atoms with van der Waals surface area (Å²) in [5.74, 6) is 0.512. The van der Waals surface area contributed by atoms with E-state index in [1.165, 1.54) is 15.3 Å². The number of carbonyl (C=O) groups excluding carboxylic acids is 1. The zero-order chi connectivity index (χ0) is 15.4. The highest BCUT2D eigenvalue weighted by Gasteiger charge is 2.28. The molecule has 3 rings (SSSR count). The van der Waals surface area contributed by atoms with Crippen LogP contribution >= 0.6 is 27.3 Å². The van der Waals surface area contributed by atoms with Gasteiger partial charge in [-0.3, -0.25) is 4.79 Å². The first-order valence-corrected chi connectivity index (χ1v) is 9.17. The van der Waals surface area contributed by atoms with Crippen LogP contribution in [-0.4, -0.2) is 19.0 Å². The van der Waals surface area contributed by atoms with Crippen molar-refractivity contribution in [2.45, 2.75) is 19.4 Å². The van der Waals surface area contributed by atoms with E-state index in [0.717, 1.165) is 30.4 Å². The number of benzene rings is 1. The zero-order valence-electron chi connectivity index (χ0n) is 12.3. The molecule has 0 saturated heterocycles. The molecule has 1 aliphatic rings. The molecule has 1 aromatic heterocycles. The molecule has 1 aromatic carbocycles. The molecule has 1 aliphatic carbocycles. The van der Waals surface area contributed by atoms with E-state index in [2.05, 4.69) is 56.9 Å². The second-order valence-electron chi connectivity index (χ2n) is 5.49. The first-order chi connectivity index (χ1) is 10.7. The Labute approximate surface area is 143 Å². The maximum atomic E-state index is 11.5. The minimum atomic E-state index is 0.217. The third-order valence-corrected chi connectivity index (χ3v) is 5.46. The molecule has 1 amide bonds. The summed E-state index contributed by atoms with van der Waals surface area (Å²) in [4.78, 5) is 14.1. The van der Waals surface area contributed by atoms with Gasteiger partial charge in [0, 0.05) is 45.3 Å². The number of amides is 1. The second kappa shape index (κ2) is 7.40. The molecule has 1 heterocycles. The van der Waals surface area contributed by atoms with Gasteiger partial charge < -0.3 is 10.6 Å². The number of hydrogen-bond acceptors (Lipinski definition) is 3. The molecule has 1 fully saturated rings. The summed E-state index contributed by atoms with van der Waals surface area (Å²) < 4.78 is 1.12. The lowest BCUT2D eigenvalue weighted by molar-refractivity contribution is -0.122. The standard InChI is InChI=1S/C17H19BrN2OS/c18-15-4-2-1-3-14(15)16-8-7-13(22-16)11-19-9-10-20-17(21)12-5-6-12/h1-4,7-8,12,19H,5-6,9-11H2,(H,20,21). The fourth-order valence-electron chi connectivity index (χ4n) is 2.25. The third-order valence-electron chi connectivity index (χ3n) is 3.65. The summed E-state index contributed by atoms with van der Waals surface area (Å²) in [6.45, 7) is 2.35. The Balaban J connectivity index is 1.44. The van der Waals surface area contributed by atoms with Crippen molar-refractivity contribution in [2.24, 2.45) is 5.92 Å². The van der Waals surface area contributed by atoms with Crippen molar-refractivity contribution in [2.75, 3.05) is 13.1 Å². The summed E-state index contributed by atoms with van der Waals surface area (Å²) in [5.41, 5.74) is 1.23. The van der Waals surface area contributed by atoms with Crippen LogP contribution in [-0.2, 0) is 11.3 Å². The van der Waals surface area contributed by atoms with Gasteiger partial charge in [0.15, 0.2) is 0 Å². The highest BCUT2D eigenvalue weighted by atomic mass is 79.9. The zero-order valence-corrected chi connectivity index (χ0v) is 14.7. The number of hydrogen-bond donors (Lipinski definition) is 2. The Kier molecular flexibility index (Phi) is 5.28. The van der Waals surface area contributed by atoms with E-state index in [9.17, 15) is 4.79 Å². The van der Waals surface area contributed by atoms with Crippen LogP contribution in [0.3, 0.4) is 0 Å². The minimum Gasteiger partial charge on any atom is -0.355 e. The normalized spacial score (nSPS) is 14.0. The van der Waals surface area contributed by atoms with Crippen molar-refractivity contribution < 1.29 is 4.79 Å². The van der Waals surface area contributed by atoms with Gasteiger partial charge in [0.25, 0.3) is 0 Å². The van der Waals surface area contributed by atoms with E-state index >= 15 is 0 Å². The molecule has 1 saturated carbocycles. The van der Waals surface area contributed by atoms with Crippen LogP contribution in [0.5, 0.6) is 0 Å². The monoisotopic (exact) mass is 378 g/mol. The second-order valence-corrected chi connectivity index (χ2v) is 7.51. The topological polar surface area (TPSA) is 41.1 Å². The summed E-state index contributed by atoms with van der Waals surface area (Å²) in [6.07, 6.45) is 2.12. The molecule has 5 heteroatoms. The van der Waals surface area contributed by atoms with E-state index in [-0.39, 0.29) is 5.91 Å². The van der Waals surface area contributed by atoms with Crippen molar-refractivity contribution >= 4 is 33.2 Å². The van der Waals surface area contributed by atoms with Gasteiger partial charge in [-0.25, -0.2) is 0 Å². The van der Waals surface area contributed by atoms with Crippen LogP contribution in [0.15, 0.2) is 40.9 Å². The van der Waals surface area contributed by atoms with Gasteiger partial charge in [0.05, 0.1) is 0 Å². The third kappa shape index (κ3) is 4.18. The summed E-state index contributed by atoms with van der Waals surface area (Å²) >= 11 is 5.40. The molecule has 2 aromatic rings. The average molecular weight is 379 g/mol. The number of halogens is 1. The molecule has 0 atom stereocenters. The molecule has 0 bridgehead atoms. The summed E-state index contributed by atoms with van der Waals surface area (Å²) in [7, 11) is 0. The fraction of sp³-hybridized carbons (Fsp3) is 0.353. The quantitative estimate of drug-likeness (QED) is 0.719. The Hall–Kier alpha value is -1.17. The van der Waals surface area contributed by atoms with E-state index in [0.29, 0.717) is 12.5 Å². The first kappa shape index (κ1) is 15.7. The molecular weight excluding hydrogens is 360 g/mol. The van der Waals surface area contributed by atoms with Crippen LogP contribution in [0.4, 0.5) is 0 Å². The van der Waals surface area contributed by atoms with Crippen molar-refractivity contribution in [3.05, 3.63) is 45.7 Å². The van der Waals surface area contributed by atoms with Gasteiger partial charge in [-0.05, 0) is 31.0 Å². The van der Waals surface area contributed by atoms with Crippen LogP contribution in [0.1, 0.15) is 17.7 Å². The first-order valence-electron chi connectivity index (χ1n) is 7.56. The van der Waals surface area contributed by atoms with Gasteiger partial charge in [0.2, 0.25) is 5.91 Å². The van der Waals surface area contributed by atoms with Crippen molar-refractivity contribution in [1.29, 1.82) is 0 Å². The SMILES string of the molecule is O=C(NCCNCc1ccc(-c2ccccc2Br)s1)C1CC1.